The number of thioether (sulfide) groups is 1. The monoisotopic (exact) mass is 257 g/mol. The van der Waals surface area contributed by atoms with Crippen molar-refractivity contribution in [2.24, 2.45) is 0 Å². The summed E-state index contributed by atoms with van der Waals surface area (Å²) in [5.41, 5.74) is 1.42. The largest absolute Gasteiger partial charge is 0.310 e. The second kappa shape index (κ2) is 6.67. The third-order valence-corrected chi connectivity index (χ3v) is 6.03. The molecule has 16 heavy (non-hydrogen) atoms. The highest BCUT2D eigenvalue weighted by atomic mass is 32.2. The van der Waals surface area contributed by atoms with Crippen LogP contribution in [0.2, 0.25) is 0 Å². The van der Waals surface area contributed by atoms with Crippen LogP contribution in [0.3, 0.4) is 0 Å². The molecule has 1 aromatic heterocycles. The molecule has 1 N–H and O–H groups in total. The minimum atomic E-state index is 0.422. The van der Waals surface area contributed by atoms with Gasteiger partial charge in [-0.15, -0.1) is 11.3 Å². The summed E-state index contributed by atoms with van der Waals surface area (Å²) in [6, 6.07) is 2.20. The second-order valence-corrected chi connectivity index (χ2v) is 6.50. The molecule has 1 aromatic rings. The molecule has 0 aliphatic heterocycles. The lowest BCUT2D eigenvalue weighted by Crippen LogP contribution is -2.36. The lowest BCUT2D eigenvalue weighted by molar-refractivity contribution is 0.496. The zero-order chi connectivity index (χ0) is 12.0. The van der Waals surface area contributed by atoms with Crippen molar-refractivity contribution in [2.45, 2.75) is 44.9 Å². The third kappa shape index (κ3) is 3.51. The van der Waals surface area contributed by atoms with E-state index in [1.807, 2.05) is 23.1 Å². The van der Waals surface area contributed by atoms with Gasteiger partial charge in [-0.2, -0.15) is 11.8 Å². The van der Waals surface area contributed by atoms with Crippen molar-refractivity contribution in [1.29, 1.82) is 0 Å². The summed E-state index contributed by atoms with van der Waals surface area (Å²) in [6.07, 6.45) is 4.70. The first-order valence-corrected chi connectivity index (χ1v) is 8.06. The molecule has 0 saturated carbocycles. The van der Waals surface area contributed by atoms with Crippen LogP contribution in [0, 0.1) is 6.92 Å². The average molecular weight is 257 g/mol. The Morgan fingerprint density at radius 1 is 1.38 bits per heavy atom. The van der Waals surface area contributed by atoms with Gasteiger partial charge in [0.15, 0.2) is 0 Å². The van der Waals surface area contributed by atoms with Crippen LogP contribution >= 0.6 is 23.1 Å². The van der Waals surface area contributed by atoms with Gasteiger partial charge >= 0.3 is 0 Å². The summed E-state index contributed by atoms with van der Waals surface area (Å²) < 4.78 is 0.422. The van der Waals surface area contributed by atoms with Crippen LogP contribution in [-0.4, -0.2) is 17.5 Å². The summed E-state index contributed by atoms with van der Waals surface area (Å²) in [7, 11) is 0. The SMILES string of the molecule is CCC(CC)(CNCc1sccc1C)SC. The van der Waals surface area contributed by atoms with Gasteiger partial charge in [0, 0.05) is 22.7 Å². The van der Waals surface area contributed by atoms with E-state index in [-0.39, 0.29) is 0 Å². The topological polar surface area (TPSA) is 12.0 Å². The van der Waals surface area contributed by atoms with E-state index >= 15 is 0 Å². The molecule has 0 amide bonds. The highest BCUT2D eigenvalue weighted by molar-refractivity contribution is 8.00. The fourth-order valence-corrected chi connectivity index (χ4v) is 3.55. The van der Waals surface area contributed by atoms with Crippen LogP contribution in [0.25, 0.3) is 0 Å². The molecule has 0 radical (unpaired) electrons. The summed E-state index contributed by atoms with van der Waals surface area (Å²) in [5, 5.41) is 5.79. The van der Waals surface area contributed by atoms with Gasteiger partial charge in [-0.05, 0) is 43.0 Å². The average Bonchev–Trinajstić information content (AvgIpc) is 2.71. The number of hydrogen-bond donors (Lipinski definition) is 1. The van der Waals surface area contributed by atoms with Crippen LogP contribution < -0.4 is 5.32 Å². The Hall–Kier alpha value is 0.01000. The Bertz CT molecular complexity index is 294. The van der Waals surface area contributed by atoms with Gasteiger partial charge < -0.3 is 5.32 Å². The van der Waals surface area contributed by atoms with Crippen molar-refractivity contribution in [3.63, 3.8) is 0 Å². The van der Waals surface area contributed by atoms with Gasteiger partial charge in [0.2, 0.25) is 0 Å². The number of thiophene rings is 1. The molecule has 3 heteroatoms. The number of aryl methyl sites for hydroxylation is 1. The second-order valence-electron chi connectivity index (χ2n) is 4.22. The van der Waals surface area contributed by atoms with Crippen LogP contribution in [0.1, 0.15) is 37.1 Å². The Balaban J connectivity index is 2.42. The predicted octanol–water partition coefficient (Wildman–Crippen LogP) is 4.07. The molecule has 1 rings (SSSR count). The summed E-state index contributed by atoms with van der Waals surface area (Å²) in [5.74, 6) is 0. The van der Waals surface area contributed by atoms with Gasteiger partial charge in [0.1, 0.15) is 0 Å². The Morgan fingerprint density at radius 2 is 2.06 bits per heavy atom. The first kappa shape index (κ1) is 14.1. The molecule has 0 aliphatic rings. The molecule has 1 heterocycles. The molecule has 92 valence electrons. The van der Waals surface area contributed by atoms with Gasteiger partial charge in [0.25, 0.3) is 0 Å². The maximum atomic E-state index is 3.61. The lowest BCUT2D eigenvalue weighted by atomic mass is 10.0. The van der Waals surface area contributed by atoms with Crippen molar-refractivity contribution in [2.75, 3.05) is 12.8 Å². The minimum Gasteiger partial charge on any atom is -0.310 e. The maximum absolute atomic E-state index is 3.61. The third-order valence-electron chi connectivity index (χ3n) is 3.42. The molecule has 0 bridgehead atoms. The summed E-state index contributed by atoms with van der Waals surface area (Å²) >= 11 is 3.85. The Morgan fingerprint density at radius 3 is 2.50 bits per heavy atom. The molecule has 0 spiro atoms. The van der Waals surface area contributed by atoms with E-state index in [4.69, 9.17) is 0 Å². The van der Waals surface area contributed by atoms with Crippen molar-refractivity contribution in [3.05, 3.63) is 21.9 Å². The maximum Gasteiger partial charge on any atom is 0.0302 e. The molecule has 0 aliphatic carbocycles. The van der Waals surface area contributed by atoms with E-state index in [9.17, 15) is 0 Å². The first-order chi connectivity index (χ1) is 7.67. The quantitative estimate of drug-likeness (QED) is 0.790. The van der Waals surface area contributed by atoms with E-state index in [1.54, 1.807) is 0 Å². The molecule has 0 atom stereocenters. The van der Waals surface area contributed by atoms with E-state index < -0.39 is 0 Å². The van der Waals surface area contributed by atoms with Crippen molar-refractivity contribution in [3.8, 4) is 0 Å². The number of nitrogens with one attached hydrogen (secondary N) is 1. The first-order valence-electron chi connectivity index (χ1n) is 5.96. The highest BCUT2D eigenvalue weighted by Gasteiger charge is 2.24. The molecule has 0 unspecified atom stereocenters. The molecule has 1 nitrogen and oxygen atoms in total. The predicted molar refractivity (Wildman–Crippen MR) is 77.6 cm³/mol. The van der Waals surface area contributed by atoms with Crippen LogP contribution in [-0.2, 0) is 6.54 Å². The van der Waals surface area contributed by atoms with Crippen molar-refractivity contribution >= 4 is 23.1 Å². The van der Waals surface area contributed by atoms with Gasteiger partial charge in [-0.1, -0.05) is 13.8 Å². The minimum absolute atomic E-state index is 0.422. The Labute approximate surface area is 108 Å². The summed E-state index contributed by atoms with van der Waals surface area (Å²) in [4.78, 5) is 1.47. The molecule has 0 aromatic carbocycles. The molecule has 0 fully saturated rings. The zero-order valence-electron chi connectivity index (χ0n) is 10.8. The zero-order valence-corrected chi connectivity index (χ0v) is 12.4. The normalized spacial score (nSPS) is 12.0. The highest BCUT2D eigenvalue weighted by Crippen LogP contribution is 2.29. The summed E-state index contributed by atoms with van der Waals surface area (Å²) in [6.45, 7) is 8.90. The standard InChI is InChI=1S/C13H23NS2/c1-5-13(6-2,15-4)10-14-9-12-11(3)7-8-16-12/h7-8,14H,5-6,9-10H2,1-4H3. The van der Waals surface area contributed by atoms with E-state index in [1.165, 1.54) is 23.3 Å². The van der Waals surface area contributed by atoms with Crippen molar-refractivity contribution < 1.29 is 0 Å². The number of rotatable bonds is 7. The lowest BCUT2D eigenvalue weighted by Gasteiger charge is -2.30. The van der Waals surface area contributed by atoms with E-state index in [0.717, 1.165) is 13.1 Å². The molecular weight excluding hydrogens is 234 g/mol. The van der Waals surface area contributed by atoms with E-state index in [0.29, 0.717) is 4.75 Å². The van der Waals surface area contributed by atoms with Gasteiger partial charge in [0.05, 0.1) is 0 Å². The smallest absolute Gasteiger partial charge is 0.0302 e. The van der Waals surface area contributed by atoms with Crippen LogP contribution in [0.15, 0.2) is 11.4 Å². The van der Waals surface area contributed by atoms with Gasteiger partial charge in [-0.3, -0.25) is 0 Å². The Kier molecular flexibility index (Phi) is 5.87. The molecular formula is C13H23NS2. The number of hydrogen-bond acceptors (Lipinski definition) is 3. The van der Waals surface area contributed by atoms with Crippen molar-refractivity contribution in [1.82, 2.24) is 5.32 Å². The van der Waals surface area contributed by atoms with E-state index in [2.05, 4.69) is 43.8 Å². The fourth-order valence-electron chi connectivity index (χ4n) is 1.85. The fraction of sp³-hybridized carbons (Fsp3) is 0.692. The van der Waals surface area contributed by atoms with Crippen LogP contribution in [0.5, 0.6) is 0 Å². The van der Waals surface area contributed by atoms with Crippen LogP contribution in [0.4, 0.5) is 0 Å². The molecule has 0 saturated heterocycles. The van der Waals surface area contributed by atoms with Gasteiger partial charge in [-0.25, -0.2) is 0 Å².